The molecule has 0 heterocycles. The molecule has 0 unspecified atom stereocenters. The van der Waals surface area contributed by atoms with E-state index < -0.39 is 0 Å². The van der Waals surface area contributed by atoms with Crippen LogP contribution in [0, 0.1) is 17.8 Å². The average molecular weight is 142 g/mol. The number of hydrogen-bond donors (Lipinski definition) is 1. The number of primary amides is 1. The molecule has 0 aliphatic carbocycles. The molecule has 2 heteroatoms. The van der Waals surface area contributed by atoms with E-state index >= 15 is 0 Å². The lowest BCUT2D eigenvalue weighted by Gasteiger charge is -2.19. The Morgan fingerprint density at radius 1 is 1.10 bits per heavy atom. The quantitative estimate of drug-likeness (QED) is 0.635. The number of carbonyl (C=O) groups excluding carboxylic acids is 1. The first-order valence-corrected chi connectivity index (χ1v) is 3.63. The second-order valence-corrected chi connectivity index (χ2v) is 3.13. The first kappa shape index (κ1) is 9.47. The summed E-state index contributed by atoms with van der Waals surface area (Å²) in [7, 11) is 0. The van der Waals surface area contributed by atoms with Crippen molar-refractivity contribution in [3.63, 3.8) is 0 Å². The second-order valence-electron chi connectivity index (χ2n) is 3.13. The van der Waals surface area contributed by atoms with Crippen molar-refractivity contribution in [2.75, 3.05) is 0 Å². The Balaban J connectivity index is 4.12. The average Bonchev–Trinajstić information content (AvgIpc) is 1.59. The van der Waals surface area contributed by atoms with Gasteiger partial charge in [-0.1, -0.05) is 27.7 Å². The third-order valence-corrected chi connectivity index (χ3v) is 1.53. The lowest BCUT2D eigenvalue weighted by atomic mass is 9.85. The Morgan fingerprint density at radius 3 is 1.40 bits per heavy atom. The Labute approximate surface area is 62.8 Å². The van der Waals surface area contributed by atoms with E-state index in [2.05, 4.69) is 0 Å². The molecule has 0 aliphatic heterocycles. The van der Waals surface area contributed by atoms with Gasteiger partial charge in [0.2, 0.25) is 5.91 Å². The van der Waals surface area contributed by atoms with E-state index in [9.17, 15) is 4.79 Å². The topological polar surface area (TPSA) is 43.1 Å². The van der Waals surface area contributed by atoms with Crippen molar-refractivity contribution >= 4 is 5.91 Å². The molecule has 1 amide bonds. The van der Waals surface area contributed by atoms with Gasteiger partial charge in [-0.3, -0.25) is 4.79 Å². The second kappa shape index (κ2) is 3.59. The van der Waals surface area contributed by atoms with E-state index in [1.807, 2.05) is 27.7 Å². The van der Waals surface area contributed by atoms with Gasteiger partial charge in [0.05, 0.1) is 5.92 Å². The molecule has 0 aromatic rings. The molecule has 2 nitrogen and oxygen atoms in total. The van der Waals surface area contributed by atoms with E-state index in [0.717, 1.165) is 5.92 Å². The number of hydrogen-bond acceptors (Lipinski definition) is 1. The maximum Gasteiger partial charge on any atom is 0.225 e. The Hall–Kier alpha value is -0.530. The van der Waals surface area contributed by atoms with Crippen molar-refractivity contribution in [2.24, 2.45) is 17.6 Å². The largest absolute Gasteiger partial charge is 0.369 e. The molecule has 0 spiro atoms. The predicted molar refractivity (Wildman–Crippen MR) is 42.1 cm³/mol. The standard InChI is InChI=1S/C8H16NO/c1-5(2)7(6(3)4)8(9)10/h5-6H,1-4H3,(H2,9,10). The number of carbonyl (C=O) groups is 1. The van der Waals surface area contributed by atoms with Crippen LogP contribution in [-0.4, -0.2) is 5.91 Å². The number of rotatable bonds is 3. The van der Waals surface area contributed by atoms with Gasteiger partial charge in [-0.15, -0.1) is 0 Å². The van der Waals surface area contributed by atoms with E-state index in [4.69, 9.17) is 5.73 Å². The summed E-state index contributed by atoms with van der Waals surface area (Å²) >= 11 is 0. The van der Waals surface area contributed by atoms with Crippen LogP contribution in [0.5, 0.6) is 0 Å². The number of amides is 1. The van der Waals surface area contributed by atoms with Crippen LogP contribution in [0.3, 0.4) is 0 Å². The molecule has 0 saturated heterocycles. The van der Waals surface area contributed by atoms with Gasteiger partial charge >= 0.3 is 0 Å². The normalized spacial score (nSPS) is 11.5. The number of nitrogens with two attached hydrogens (primary N) is 1. The highest BCUT2D eigenvalue weighted by Crippen LogP contribution is 2.21. The van der Waals surface area contributed by atoms with Crippen LogP contribution in [0.2, 0.25) is 0 Å². The van der Waals surface area contributed by atoms with Crippen LogP contribution in [0.15, 0.2) is 0 Å². The van der Waals surface area contributed by atoms with Crippen LogP contribution < -0.4 is 5.73 Å². The van der Waals surface area contributed by atoms with Crippen molar-refractivity contribution < 1.29 is 4.79 Å². The van der Waals surface area contributed by atoms with Gasteiger partial charge in [0, 0.05) is 0 Å². The predicted octanol–water partition coefficient (Wildman–Crippen LogP) is 1.36. The lowest BCUT2D eigenvalue weighted by molar-refractivity contribution is -0.117. The molecular formula is C8H16NO. The molecule has 0 aromatic heterocycles. The fourth-order valence-corrected chi connectivity index (χ4v) is 1.24. The van der Waals surface area contributed by atoms with Crippen molar-refractivity contribution in [3.8, 4) is 0 Å². The monoisotopic (exact) mass is 142 g/mol. The molecule has 2 N–H and O–H groups in total. The van der Waals surface area contributed by atoms with Gasteiger partial charge in [0.1, 0.15) is 0 Å². The van der Waals surface area contributed by atoms with Gasteiger partial charge in [0.15, 0.2) is 0 Å². The van der Waals surface area contributed by atoms with Crippen molar-refractivity contribution in [1.29, 1.82) is 0 Å². The van der Waals surface area contributed by atoms with Crippen molar-refractivity contribution in [3.05, 3.63) is 5.92 Å². The summed E-state index contributed by atoms with van der Waals surface area (Å²) < 4.78 is 0. The van der Waals surface area contributed by atoms with Crippen LogP contribution >= 0.6 is 0 Å². The van der Waals surface area contributed by atoms with E-state index in [1.165, 1.54) is 0 Å². The van der Waals surface area contributed by atoms with Gasteiger partial charge in [-0.2, -0.15) is 0 Å². The fourth-order valence-electron chi connectivity index (χ4n) is 1.24. The smallest absolute Gasteiger partial charge is 0.225 e. The molecule has 0 fully saturated rings. The molecule has 0 atom stereocenters. The van der Waals surface area contributed by atoms with E-state index in [0.29, 0.717) is 0 Å². The zero-order chi connectivity index (χ0) is 8.31. The third kappa shape index (κ3) is 2.38. The maximum atomic E-state index is 10.8. The van der Waals surface area contributed by atoms with Crippen LogP contribution in [0.1, 0.15) is 27.7 Å². The first-order chi connectivity index (χ1) is 4.46. The summed E-state index contributed by atoms with van der Waals surface area (Å²) in [5, 5.41) is 0. The zero-order valence-corrected chi connectivity index (χ0v) is 7.14. The van der Waals surface area contributed by atoms with Crippen LogP contribution in [-0.2, 0) is 4.79 Å². The van der Waals surface area contributed by atoms with Crippen molar-refractivity contribution in [1.82, 2.24) is 0 Å². The Morgan fingerprint density at radius 2 is 1.40 bits per heavy atom. The summed E-state index contributed by atoms with van der Waals surface area (Å²) in [5.74, 6) is 1.12. The zero-order valence-electron chi connectivity index (χ0n) is 7.14. The molecule has 1 radical (unpaired) electrons. The minimum Gasteiger partial charge on any atom is -0.369 e. The summed E-state index contributed by atoms with van der Waals surface area (Å²) in [6.07, 6.45) is 0. The minimum absolute atomic E-state index is 0.259. The van der Waals surface area contributed by atoms with Crippen LogP contribution in [0.4, 0.5) is 0 Å². The van der Waals surface area contributed by atoms with E-state index in [-0.39, 0.29) is 17.7 Å². The van der Waals surface area contributed by atoms with Gasteiger partial charge < -0.3 is 5.73 Å². The molecule has 10 heavy (non-hydrogen) atoms. The summed E-state index contributed by atoms with van der Waals surface area (Å²) in [5.41, 5.74) is 5.16. The molecule has 0 bridgehead atoms. The van der Waals surface area contributed by atoms with Gasteiger partial charge in [0.25, 0.3) is 0 Å². The first-order valence-electron chi connectivity index (χ1n) is 3.63. The molecule has 0 aromatic carbocycles. The summed E-state index contributed by atoms with van der Waals surface area (Å²) in [6, 6.07) is 0. The summed E-state index contributed by atoms with van der Waals surface area (Å²) in [6.45, 7) is 7.94. The Kier molecular flexibility index (Phi) is 3.40. The molecule has 0 rings (SSSR count). The van der Waals surface area contributed by atoms with Gasteiger partial charge in [-0.05, 0) is 11.8 Å². The van der Waals surface area contributed by atoms with Gasteiger partial charge in [-0.25, -0.2) is 0 Å². The molecular weight excluding hydrogens is 126 g/mol. The maximum absolute atomic E-state index is 10.8. The highest BCUT2D eigenvalue weighted by molar-refractivity contribution is 5.89. The highest BCUT2D eigenvalue weighted by atomic mass is 16.1. The third-order valence-electron chi connectivity index (χ3n) is 1.53. The fraction of sp³-hybridized carbons (Fsp3) is 0.750. The lowest BCUT2D eigenvalue weighted by Crippen LogP contribution is -2.29. The van der Waals surface area contributed by atoms with E-state index in [1.54, 1.807) is 0 Å². The summed E-state index contributed by atoms with van der Waals surface area (Å²) in [4.78, 5) is 10.8. The van der Waals surface area contributed by atoms with Crippen molar-refractivity contribution in [2.45, 2.75) is 27.7 Å². The molecule has 0 saturated carbocycles. The molecule has 59 valence electrons. The SMILES string of the molecule is CC(C)[C](C(N)=O)C(C)C. The molecule has 0 aliphatic rings. The van der Waals surface area contributed by atoms with Crippen LogP contribution in [0.25, 0.3) is 0 Å². The Bertz CT molecular complexity index is 110. The minimum atomic E-state index is -0.259. The highest BCUT2D eigenvalue weighted by Gasteiger charge is 2.23.